The molecule has 0 fully saturated rings. The van der Waals surface area contributed by atoms with Gasteiger partial charge < -0.3 is 10.5 Å². The van der Waals surface area contributed by atoms with Crippen LogP contribution in [0, 0.1) is 11.3 Å². The van der Waals surface area contributed by atoms with E-state index in [0.29, 0.717) is 17.0 Å². The Kier molecular flexibility index (Phi) is 3.74. The number of rotatable bonds is 4. The highest BCUT2D eigenvalue weighted by Crippen LogP contribution is 2.21. The number of nitrogen functional groups attached to an aromatic ring is 1. The number of benzene rings is 1. The van der Waals surface area contributed by atoms with E-state index in [9.17, 15) is 8.42 Å². The van der Waals surface area contributed by atoms with Crippen LogP contribution in [0.1, 0.15) is 5.56 Å². The molecule has 1 rings (SSSR count). The highest BCUT2D eigenvalue weighted by Gasteiger charge is 2.05. The summed E-state index contributed by atoms with van der Waals surface area (Å²) in [5, 5.41) is 8.61. The molecule has 0 aliphatic carbocycles. The average Bonchev–Trinajstić information content (AvgIpc) is 2.18. The molecule has 0 saturated carbocycles. The van der Waals surface area contributed by atoms with E-state index in [1.54, 1.807) is 12.1 Å². The molecule has 2 N–H and O–H groups in total. The van der Waals surface area contributed by atoms with Crippen molar-refractivity contribution in [2.75, 3.05) is 24.3 Å². The molecule has 6 heteroatoms. The van der Waals surface area contributed by atoms with Gasteiger partial charge in [0.25, 0.3) is 0 Å². The van der Waals surface area contributed by atoms with Gasteiger partial charge >= 0.3 is 0 Å². The molecule has 0 aliphatic heterocycles. The number of nitrogens with two attached hydrogens (primary N) is 1. The maximum Gasteiger partial charge on any atom is 0.150 e. The second-order valence-corrected chi connectivity index (χ2v) is 5.60. The van der Waals surface area contributed by atoms with Gasteiger partial charge in [0, 0.05) is 6.26 Å². The number of anilines is 1. The van der Waals surface area contributed by atoms with Gasteiger partial charge in [0.05, 0.1) is 23.1 Å². The Morgan fingerprint density at radius 2 is 2.19 bits per heavy atom. The van der Waals surface area contributed by atoms with E-state index < -0.39 is 9.84 Å². The van der Waals surface area contributed by atoms with Crippen LogP contribution in [0.5, 0.6) is 5.75 Å². The predicted octanol–water partition coefficient (Wildman–Crippen LogP) is 0.564. The van der Waals surface area contributed by atoms with E-state index in [2.05, 4.69) is 0 Å². The van der Waals surface area contributed by atoms with Gasteiger partial charge in [-0.3, -0.25) is 0 Å². The Balaban J connectivity index is 2.66. The molecular weight excluding hydrogens is 228 g/mol. The van der Waals surface area contributed by atoms with Crippen molar-refractivity contribution in [3.8, 4) is 11.8 Å². The first-order valence-corrected chi connectivity index (χ1v) is 6.58. The molecule has 5 nitrogen and oxygen atoms in total. The summed E-state index contributed by atoms with van der Waals surface area (Å²) < 4.78 is 26.9. The van der Waals surface area contributed by atoms with Gasteiger partial charge in [-0.15, -0.1) is 0 Å². The first kappa shape index (κ1) is 12.3. The summed E-state index contributed by atoms with van der Waals surface area (Å²) in [5.74, 6) is 0.328. The van der Waals surface area contributed by atoms with E-state index in [1.165, 1.54) is 6.07 Å². The standard InChI is InChI=1S/C10H12N2O3S/c1-16(13,14)5-4-15-10-3-2-8(7-11)6-9(10)12/h2-3,6H,4-5,12H2,1H3. The zero-order valence-corrected chi connectivity index (χ0v) is 9.62. The van der Waals surface area contributed by atoms with Gasteiger partial charge in [0.15, 0.2) is 9.84 Å². The topological polar surface area (TPSA) is 93.2 Å². The van der Waals surface area contributed by atoms with Crippen molar-refractivity contribution in [3.63, 3.8) is 0 Å². The molecule has 1 aromatic rings. The number of hydrogen-bond acceptors (Lipinski definition) is 5. The summed E-state index contributed by atoms with van der Waals surface area (Å²) >= 11 is 0. The monoisotopic (exact) mass is 240 g/mol. The number of hydrogen-bond donors (Lipinski definition) is 1. The fourth-order valence-electron chi connectivity index (χ4n) is 1.05. The zero-order chi connectivity index (χ0) is 12.2. The van der Waals surface area contributed by atoms with Crippen LogP contribution in [0.4, 0.5) is 5.69 Å². The normalized spacial score (nSPS) is 10.8. The second kappa shape index (κ2) is 4.86. The highest BCUT2D eigenvalue weighted by molar-refractivity contribution is 7.90. The summed E-state index contributed by atoms with van der Waals surface area (Å²) in [7, 11) is -3.04. The van der Waals surface area contributed by atoms with E-state index in [0.717, 1.165) is 6.26 Å². The van der Waals surface area contributed by atoms with Crippen LogP contribution in [0.15, 0.2) is 18.2 Å². The van der Waals surface area contributed by atoms with Crippen LogP contribution in [-0.4, -0.2) is 27.0 Å². The fraction of sp³-hybridized carbons (Fsp3) is 0.300. The Morgan fingerprint density at radius 3 is 2.69 bits per heavy atom. The van der Waals surface area contributed by atoms with Gasteiger partial charge in [-0.1, -0.05) is 0 Å². The molecule has 0 amide bonds. The van der Waals surface area contributed by atoms with E-state index >= 15 is 0 Å². The van der Waals surface area contributed by atoms with Gasteiger partial charge in [-0.25, -0.2) is 8.42 Å². The summed E-state index contributed by atoms with van der Waals surface area (Å²) in [5.41, 5.74) is 6.39. The first-order chi connectivity index (χ1) is 7.42. The lowest BCUT2D eigenvalue weighted by atomic mass is 10.2. The maximum absolute atomic E-state index is 10.9. The minimum atomic E-state index is -3.04. The number of nitrogens with zero attached hydrogens (tertiary/aromatic N) is 1. The van der Waals surface area contributed by atoms with Crippen molar-refractivity contribution in [3.05, 3.63) is 23.8 Å². The second-order valence-electron chi connectivity index (χ2n) is 3.34. The van der Waals surface area contributed by atoms with Gasteiger partial charge in [0.2, 0.25) is 0 Å². The lowest BCUT2D eigenvalue weighted by Crippen LogP contribution is -2.12. The molecule has 0 bridgehead atoms. The summed E-state index contributed by atoms with van der Waals surface area (Å²) in [6, 6.07) is 6.54. The number of nitriles is 1. The molecule has 0 spiro atoms. The predicted molar refractivity (Wildman–Crippen MR) is 60.8 cm³/mol. The Morgan fingerprint density at radius 1 is 1.50 bits per heavy atom. The zero-order valence-electron chi connectivity index (χ0n) is 8.80. The van der Waals surface area contributed by atoms with Crippen LogP contribution in [0.2, 0.25) is 0 Å². The molecular formula is C10H12N2O3S. The SMILES string of the molecule is CS(=O)(=O)CCOc1ccc(C#N)cc1N. The minimum Gasteiger partial charge on any atom is -0.490 e. The molecule has 0 unspecified atom stereocenters. The molecule has 0 heterocycles. The lowest BCUT2D eigenvalue weighted by molar-refractivity contribution is 0.343. The third kappa shape index (κ3) is 3.79. The van der Waals surface area contributed by atoms with Crippen LogP contribution >= 0.6 is 0 Å². The Labute approximate surface area is 94.4 Å². The Hall–Kier alpha value is -1.74. The number of sulfone groups is 1. The Bertz CT molecular complexity index is 517. The smallest absolute Gasteiger partial charge is 0.150 e. The quantitative estimate of drug-likeness (QED) is 0.776. The highest BCUT2D eigenvalue weighted by atomic mass is 32.2. The van der Waals surface area contributed by atoms with Crippen LogP contribution in [0.3, 0.4) is 0 Å². The third-order valence-corrected chi connectivity index (χ3v) is 2.76. The van der Waals surface area contributed by atoms with Crippen molar-refractivity contribution >= 4 is 15.5 Å². The summed E-state index contributed by atoms with van der Waals surface area (Å²) in [6.07, 6.45) is 1.14. The molecule has 0 saturated heterocycles. The summed E-state index contributed by atoms with van der Waals surface area (Å²) in [4.78, 5) is 0. The minimum absolute atomic E-state index is 0.0505. The van der Waals surface area contributed by atoms with E-state index in [-0.39, 0.29) is 12.4 Å². The maximum atomic E-state index is 10.9. The average molecular weight is 240 g/mol. The fourth-order valence-corrected chi connectivity index (χ4v) is 1.44. The van der Waals surface area contributed by atoms with E-state index in [4.69, 9.17) is 15.7 Å². The van der Waals surface area contributed by atoms with E-state index in [1.807, 2.05) is 6.07 Å². The van der Waals surface area contributed by atoms with Gasteiger partial charge in [-0.05, 0) is 18.2 Å². The molecule has 16 heavy (non-hydrogen) atoms. The van der Waals surface area contributed by atoms with Gasteiger partial charge in [-0.2, -0.15) is 5.26 Å². The molecule has 0 aromatic heterocycles. The number of ether oxygens (including phenoxy) is 1. The summed E-state index contributed by atoms with van der Waals surface area (Å²) in [6.45, 7) is 0.0505. The van der Waals surface area contributed by atoms with Crippen molar-refractivity contribution in [2.24, 2.45) is 0 Å². The molecule has 0 atom stereocenters. The van der Waals surface area contributed by atoms with Gasteiger partial charge in [0.1, 0.15) is 12.4 Å². The van der Waals surface area contributed by atoms with Crippen LogP contribution < -0.4 is 10.5 Å². The van der Waals surface area contributed by atoms with Crippen LogP contribution in [-0.2, 0) is 9.84 Å². The van der Waals surface area contributed by atoms with Crippen molar-refractivity contribution < 1.29 is 13.2 Å². The third-order valence-electron chi connectivity index (χ3n) is 1.85. The molecule has 0 radical (unpaired) electrons. The van der Waals surface area contributed by atoms with Crippen molar-refractivity contribution in [1.82, 2.24) is 0 Å². The largest absolute Gasteiger partial charge is 0.490 e. The van der Waals surface area contributed by atoms with Crippen molar-refractivity contribution in [1.29, 1.82) is 5.26 Å². The molecule has 1 aromatic carbocycles. The lowest BCUT2D eigenvalue weighted by Gasteiger charge is -2.07. The van der Waals surface area contributed by atoms with Crippen LogP contribution in [0.25, 0.3) is 0 Å². The molecule has 0 aliphatic rings. The van der Waals surface area contributed by atoms with Crippen molar-refractivity contribution in [2.45, 2.75) is 0 Å². The first-order valence-electron chi connectivity index (χ1n) is 4.52. The molecule has 86 valence electrons.